The SMILES string of the molecule is Cc1nn(C)c(N2CCCCc3ccccc32)c1CBr. The van der Waals surface area contributed by atoms with Crippen molar-refractivity contribution in [1.82, 2.24) is 9.78 Å². The van der Waals surface area contributed by atoms with Gasteiger partial charge in [0.25, 0.3) is 0 Å². The molecule has 106 valence electrons. The number of nitrogens with zero attached hydrogens (tertiary/aromatic N) is 3. The van der Waals surface area contributed by atoms with Crippen LogP contribution in [-0.4, -0.2) is 16.3 Å². The first-order valence-electron chi connectivity index (χ1n) is 7.16. The Balaban J connectivity index is 2.15. The van der Waals surface area contributed by atoms with Gasteiger partial charge in [-0.1, -0.05) is 34.1 Å². The molecule has 1 aromatic carbocycles. The zero-order valence-electron chi connectivity index (χ0n) is 12.1. The highest BCUT2D eigenvalue weighted by molar-refractivity contribution is 9.08. The first-order valence-corrected chi connectivity index (χ1v) is 8.28. The highest BCUT2D eigenvalue weighted by atomic mass is 79.9. The molecule has 3 nitrogen and oxygen atoms in total. The van der Waals surface area contributed by atoms with E-state index in [4.69, 9.17) is 0 Å². The van der Waals surface area contributed by atoms with E-state index in [-0.39, 0.29) is 0 Å². The molecular formula is C16H20BrN3. The molecule has 1 aliphatic heterocycles. The van der Waals surface area contributed by atoms with Gasteiger partial charge in [-0.2, -0.15) is 5.10 Å². The van der Waals surface area contributed by atoms with Crippen molar-refractivity contribution in [2.45, 2.75) is 31.5 Å². The molecule has 0 atom stereocenters. The van der Waals surface area contributed by atoms with E-state index >= 15 is 0 Å². The third-order valence-electron chi connectivity index (χ3n) is 4.06. The molecule has 0 amide bonds. The normalized spacial score (nSPS) is 15.1. The first-order chi connectivity index (χ1) is 9.72. The lowest BCUT2D eigenvalue weighted by molar-refractivity contribution is 0.715. The Morgan fingerprint density at radius 2 is 2.05 bits per heavy atom. The maximum atomic E-state index is 4.61. The van der Waals surface area contributed by atoms with Gasteiger partial charge in [0.1, 0.15) is 5.82 Å². The number of alkyl halides is 1. The number of hydrogen-bond donors (Lipinski definition) is 0. The van der Waals surface area contributed by atoms with E-state index in [0.717, 1.165) is 17.6 Å². The van der Waals surface area contributed by atoms with Crippen molar-refractivity contribution in [2.75, 3.05) is 11.4 Å². The lowest BCUT2D eigenvalue weighted by Gasteiger charge is -2.26. The number of hydrogen-bond acceptors (Lipinski definition) is 2. The van der Waals surface area contributed by atoms with E-state index in [9.17, 15) is 0 Å². The van der Waals surface area contributed by atoms with Crippen LogP contribution in [0.1, 0.15) is 29.7 Å². The van der Waals surface area contributed by atoms with Crippen molar-refractivity contribution in [3.05, 3.63) is 41.1 Å². The van der Waals surface area contributed by atoms with E-state index in [1.165, 1.54) is 41.9 Å². The molecule has 0 radical (unpaired) electrons. The number of halogens is 1. The zero-order valence-corrected chi connectivity index (χ0v) is 13.7. The summed E-state index contributed by atoms with van der Waals surface area (Å²) in [6.07, 6.45) is 3.65. The smallest absolute Gasteiger partial charge is 0.135 e. The number of benzene rings is 1. The lowest BCUT2D eigenvalue weighted by Crippen LogP contribution is -2.21. The molecule has 0 fully saturated rings. The van der Waals surface area contributed by atoms with Gasteiger partial charge in [-0.3, -0.25) is 4.68 Å². The van der Waals surface area contributed by atoms with Crippen LogP contribution in [0.3, 0.4) is 0 Å². The van der Waals surface area contributed by atoms with Gasteiger partial charge in [0, 0.05) is 30.2 Å². The number of anilines is 2. The second-order valence-corrected chi connectivity index (χ2v) is 5.94. The van der Waals surface area contributed by atoms with Crippen LogP contribution in [0.2, 0.25) is 0 Å². The molecule has 3 rings (SSSR count). The summed E-state index contributed by atoms with van der Waals surface area (Å²) in [6, 6.07) is 8.77. The molecule has 0 bridgehead atoms. The Morgan fingerprint density at radius 1 is 1.25 bits per heavy atom. The molecule has 0 saturated heterocycles. The molecule has 4 heteroatoms. The van der Waals surface area contributed by atoms with Crippen LogP contribution in [0.4, 0.5) is 11.5 Å². The van der Waals surface area contributed by atoms with Gasteiger partial charge >= 0.3 is 0 Å². The molecule has 2 aromatic rings. The fourth-order valence-electron chi connectivity index (χ4n) is 3.10. The van der Waals surface area contributed by atoms with Crippen molar-refractivity contribution in [3.8, 4) is 0 Å². The van der Waals surface area contributed by atoms with E-state index < -0.39 is 0 Å². The molecule has 20 heavy (non-hydrogen) atoms. The molecule has 0 N–H and O–H groups in total. The number of aromatic nitrogens is 2. The second kappa shape index (κ2) is 5.60. The minimum absolute atomic E-state index is 0.848. The van der Waals surface area contributed by atoms with Gasteiger partial charge < -0.3 is 4.90 Å². The van der Waals surface area contributed by atoms with Crippen LogP contribution < -0.4 is 4.90 Å². The summed E-state index contributed by atoms with van der Waals surface area (Å²) in [4.78, 5) is 2.44. The van der Waals surface area contributed by atoms with Gasteiger partial charge in [-0.15, -0.1) is 0 Å². The third-order valence-corrected chi connectivity index (χ3v) is 4.62. The highest BCUT2D eigenvalue weighted by Crippen LogP contribution is 2.35. The van der Waals surface area contributed by atoms with Crippen molar-refractivity contribution in [3.63, 3.8) is 0 Å². The topological polar surface area (TPSA) is 21.1 Å². The maximum absolute atomic E-state index is 4.61. The largest absolute Gasteiger partial charge is 0.326 e. The summed E-state index contributed by atoms with van der Waals surface area (Å²) in [5.74, 6) is 1.23. The van der Waals surface area contributed by atoms with Crippen LogP contribution in [0.5, 0.6) is 0 Å². The Hall–Kier alpha value is -1.29. The average molecular weight is 334 g/mol. The van der Waals surface area contributed by atoms with Gasteiger partial charge in [0.05, 0.1) is 5.69 Å². The highest BCUT2D eigenvalue weighted by Gasteiger charge is 2.23. The van der Waals surface area contributed by atoms with Crippen LogP contribution in [0.15, 0.2) is 24.3 Å². The van der Waals surface area contributed by atoms with Crippen molar-refractivity contribution < 1.29 is 0 Å². The molecule has 0 unspecified atom stereocenters. The van der Waals surface area contributed by atoms with Crippen LogP contribution in [-0.2, 0) is 18.8 Å². The fraction of sp³-hybridized carbons (Fsp3) is 0.438. The molecule has 1 aromatic heterocycles. The van der Waals surface area contributed by atoms with Gasteiger partial charge in [-0.05, 0) is 37.8 Å². The number of rotatable bonds is 2. The van der Waals surface area contributed by atoms with E-state index in [0.29, 0.717) is 0 Å². The van der Waals surface area contributed by atoms with E-state index in [1.54, 1.807) is 0 Å². The Kier molecular flexibility index (Phi) is 3.83. The quantitative estimate of drug-likeness (QED) is 0.771. The monoisotopic (exact) mass is 333 g/mol. The number of para-hydroxylation sites is 1. The summed E-state index contributed by atoms with van der Waals surface area (Å²) >= 11 is 3.62. The Bertz CT molecular complexity index is 618. The molecule has 0 spiro atoms. The van der Waals surface area contributed by atoms with Crippen molar-refractivity contribution in [2.24, 2.45) is 7.05 Å². The zero-order chi connectivity index (χ0) is 14.1. The van der Waals surface area contributed by atoms with Crippen LogP contribution in [0, 0.1) is 6.92 Å². The average Bonchev–Trinajstić information content (AvgIpc) is 2.63. The second-order valence-electron chi connectivity index (χ2n) is 5.38. The molecule has 2 heterocycles. The fourth-order valence-corrected chi connectivity index (χ4v) is 3.75. The summed E-state index contributed by atoms with van der Waals surface area (Å²) in [6.45, 7) is 3.15. The minimum Gasteiger partial charge on any atom is -0.326 e. The molecule has 0 aliphatic carbocycles. The van der Waals surface area contributed by atoms with Gasteiger partial charge in [0.2, 0.25) is 0 Å². The standard InChI is InChI=1S/C16H20BrN3/c1-12-14(11-17)16(19(2)18-12)20-10-6-5-8-13-7-3-4-9-15(13)20/h3-4,7,9H,5-6,8,10-11H2,1-2H3. The predicted molar refractivity (Wildman–Crippen MR) is 87.0 cm³/mol. The van der Waals surface area contributed by atoms with E-state index in [2.05, 4.69) is 57.1 Å². The summed E-state index contributed by atoms with van der Waals surface area (Å²) in [5, 5.41) is 5.45. The van der Waals surface area contributed by atoms with Crippen molar-refractivity contribution in [1.29, 1.82) is 0 Å². The van der Waals surface area contributed by atoms with Crippen LogP contribution >= 0.6 is 15.9 Å². The predicted octanol–water partition coefficient (Wildman–Crippen LogP) is 4.10. The van der Waals surface area contributed by atoms with Gasteiger partial charge in [0.15, 0.2) is 0 Å². The first kappa shape index (κ1) is 13.7. The van der Waals surface area contributed by atoms with Gasteiger partial charge in [-0.25, -0.2) is 0 Å². The Morgan fingerprint density at radius 3 is 2.85 bits per heavy atom. The van der Waals surface area contributed by atoms with Crippen molar-refractivity contribution >= 4 is 27.4 Å². The van der Waals surface area contributed by atoms with Crippen LogP contribution in [0.25, 0.3) is 0 Å². The van der Waals surface area contributed by atoms with E-state index in [1.807, 2.05) is 11.7 Å². The number of aryl methyl sites for hydroxylation is 3. The third kappa shape index (κ3) is 2.26. The maximum Gasteiger partial charge on any atom is 0.135 e. The Labute approximate surface area is 128 Å². The molecule has 0 saturated carbocycles. The number of fused-ring (bicyclic) bond motifs is 1. The summed E-state index contributed by atoms with van der Waals surface area (Å²) in [5.41, 5.74) is 5.20. The minimum atomic E-state index is 0.848. The summed E-state index contributed by atoms with van der Waals surface area (Å²) < 4.78 is 2.02. The molecule has 1 aliphatic rings. The molecular weight excluding hydrogens is 314 g/mol. The lowest BCUT2D eigenvalue weighted by atomic mass is 10.1. The summed E-state index contributed by atoms with van der Waals surface area (Å²) in [7, 11) is 2.04.